The molecular formula is C24H26ClN5O2S2. The lowest BCUT2D eigenvalue weighted by molar-refractivity contribution is -0.113. The maximum absolute atomic E-state index is 12.8. The molecule has 0 radical (unpaired) electrons. The van der Waals surface area contributed by atoms with Gasteiger partial charge in [0, 0.05) is 16.4 Å². The normalized spacial score (nSPS) is 15.0. The Labute approximate surface area is 212 Å². The molecule has 1 aromatic carbocycles. The summed E-state index contributed by atoms with van der Waals surface area (Å²) < 4.78 is 7.39. The number of hydrogen-bond acceptors (Lipinski definition) is 7. The maximum atomic E-state index is 12.8. The van der Waals surface area contributed by atoms with Crippen LogP contribution in [0.4, 0.5) is 5.00 Å². The highest BCUT2D eigenvalue weighted by Crippen LogP contribution is 2.40. The minimum atomic E-state index is -0.167. The zero-order valence-corrected chi connectivity index (χ0v) is 21.7. The lowest BCUT2D eigenvalue weighted by Crippen LogP contribution is -2.15. The molecule has 0 bridgehead atoms. The molecule has 0 fully saturated rings. The van der Waals surface area contributed by atoms with Gasteiger partial charge in [-0.15, -0.1) is 21.5 Å². The number of thioether (sulfide) groups is 1. The van der Waals surface area contributed by atoms with Gasteiger partial charge in [-0.25, -0.2) is 0 Å². The third kappa shape index (κ3) is 4.95. The van der Waals surface area contributed by atoms with Crippen LogP contribution in [0.25, 0.3) is 11.4 Å². The third-order valence-corrected chi connectivity index (χ3v) is 8.45. The fourth-order valence-electron chi connectivity index (χ4n) is 4.24. The summed E-state index contributed by atoms with van der Waals surface area (Å²) in [4.78, 5) is 14.0. The summed E-state index contributed by atoms with van der Waals surface area (Å²) in [6.07, 6.45) is 4.14. The standard InChI is InChI=1S/C24H26ClN5O2S2/c1-4-14-6-8-16-18(12-26)23(34-20(16)10-14)27-21(31)13-33-24-29-28-22(30(24)5-2)17-11-15(25)7-9-19(17)32-3/h7,9,11,14H,4-6,8,10,13H2,1-3H3,(H,27,31). The molecule has 1 atom stereocenters. The number of ether oxygens (including phenoxy) is 1. The monoisotopic (exact) mass is 515 g/mol. The van der Waals surface area contributed by atoms with Crippen LogP contribution in [0.15, 0.2) is 23.4 Å². The molecule has 34 heavy (non-hydrogen) atoms. The first-order valence-electron chi connectivity index (χ1n) is 11.2. The van der Waals surface area contributed by atoms with Gasteiger partial charge in [0.05, 0.1) is 24.0 Å². The fourth-order valence-corrected chi connectivity index (χ4v) is 6.54. The molecule has 0 saturated carbocycles. The van der Waals surface area contributed by atoms with Crippen molar-refractivity contribution in [2.75, 3.05) is 18.2 Å². The lowest BCUT2D eigenvalue weighted by atomic mass is 9.86. The van der Waals surface area contributed by atoms with Gasteiger partial charge in [-0.2, -0.15) is 5.26 Å². The number of rotatable bonds is 8. The second-order valence-corrected chi connectivity index (χ2v) is 10.6. The Morgan fingerprint density at radius 2 is 2.24 bits per heavy atom. The van der Waals surface area contributed by atoms with Gasteiger partial charge in [-0.3, -0.25) is 4.79 Å². The van der Waals surface area contributed by atoms with Crippen molar-refractivity contribution in [1.82, 2.24) is 14.8 Å². The fraction of sp³-hybridized carbons (Fsp3) is 0.417. The van der Waals surface area contributed by atoms with Gasteiger partial charge in [-0.05, 0) is 55.9 Å². The smallest absolute Gasteiger partial charge is 0.235 e. The predicted octanol–water partition coefficient (Wildman–Crippen LogP) is 5.81. The molecule has 7 nitrogen and oxygen atoms in total. The average molecular weight is 516 g/mol. The Balaban J connectivity index is 1.48. The Morgan fingerprint density at radius 1 is 1.41 bits per heavy atom. The van der Waals surface area contributed by atoms with E-state index in [0.29, 0.717) is 44.8 Å². The van der Waals surface area contributed by atoms with Crippen LogP contribution in [-0.4, -0.2) is 33.5 Å². The van der Waals surface area contributed by atoms with Crippen LogP contribution in [0.1, 0.15) is 42.7 Å². The third-order valence-electron chi connectivity index (χ3n) is 6.08. The van der Waals surface area contributed by atoms with E-state index in [1.165, 1.54) is 16.6 Å². The van der Waals surface area contributed by atoms with Crippen molar-refractivity contribution in [3.63, 3.8) is 0 Å². The molecule has 0 saturated heterocycles. The second-order valence-electron chi connectivity index (χ2n) is 8.07. The van der Waals surface area contributed by atoms with Crippen LogP contribution in [0.5, 0.6) is 5.75 Å². The molecule has 0 aliphatic heterocycles. The first-order valence-corrected chi connectivity index (χ1v) is 13.4. The molecular weight excluding hydrogens is 490 g/mol. The summed E-state index contributed by atoms with van der Waals surface area (Å²) in [7, 11) is 1.60. The first-order chi connectivity index (χ1) is 16.5. The van der Waals surface area contributed by atoms with Gasteiger partial charge in [0.15, 0.2) is 11.0 Å². The van der Waals surface area contributed by atoms with Crippen LogP contribution >= 0.6 is 34.7 Å². The van der Waals surface area contributed by atoms with Gasteiger partial charge in [0.2, 0.25) is 5.91 Å². The largest absolute Gasteiger partial charge is 0.496 e. The average Bonchev–Trinajstić information content (AvgIpc) is 3.41. The first kappa shape index (κ1) is 24.6. The SMILES string of the molecule is CCC1CCc2c(sc(NC(=O)CSc3nnc(-c4cc(Cl)ccc4OC)n3CC)c2C#N)C1. The predicted molar refractivity (Wildman–Crippen MR) is 137 cm³/mol. The van der Waals surface area contributed by atoms with Crippen molar-refractivity contribution < 1.29 is 9.53 Å². The number of thiophene rings is 1. The molecule has 1 amide bonds. The van der Waals surface area contributed by atoms with E-state index in [9.17, 15) is 10.1 Å². The summed E-state index contributed by atoms with van der Waals surface area (Å²) >= 11 is 9.05. The van der Waals surface area contributed by atoms with Crippen molar-refractivity contribution in [2.45, 2.75) is 51.2 Å². The zero-order chi connectivity index (χ0) is 24.2. The van der Waals surface area contributed by atoms with E-state index in [0.717, 1.165) is 36.8 Å². The highest BCUT2D eigenvalue weighted by atomic mass is 35.5. The maximum Gasteiger partial charge on any atom is 0.235 e. The van der Waals surface area contributed by atoms with Gasteiger partial charge in [0.25, 0.3) is 0 Å². The molecule has 1 aliphatic rings. The number of nitriles is 1. The van der Waals surface area contributed by atoms with Crippen LogP contribution in [0, 0.1) is 17.2 Å². The van der Waals surface area contributed by atoms with Gasteiger partial charge >= 0.3 is 0 Å². The van der Waals surface area contributed by atoms with E-state index < -0.39 is 0 Å². The number of hydrogen-bond donors (Lipinski definition) is 1. The number of fused-ring (bicyclic) bond motifs is 1. The van der Waals surface area contributed by atoms with E-state index in [4.69, 9.17) is 16.3 Å². The van der Waals surface area contributed by atoms with Crippen molar-refractivity contribution in [3.8, 4) is 23.2 Å². The number of nitrogens with zero attached hydrogens (tertiary/aromatic N) is 4. The number of halogens is 1. The highest BCUT2D eigenvalue weighted by molar-refractivity contribution is 7.99. The number of amides is 1. The Morgan fingerprint density at radius 3 is 2.94 bits per heavy atom. The Hall–Kier alpha value is -2.54. The Bertz CT molecular complexity index is 1250. The summed E-state index contributed by atoms with van der Waals surface area (Å²) in [5.74, 6) is 1.93. The summed E-state index contributed by atoms with van der Waals surface area (Å²) in [5.41, 5.74) is 2.49. The number of benzene rings is 1. The number of aromatic nitrogens is 3. The van der Waals surface area contributed by atoms with Gasteiger partial charge < -0.3 is 14.6 Å². The van der Waals surface area contributed by atoms with Crippen molar-refractivity contribution >= 4 is 45.6 Å². The minimum Gasteiger partial charge on any atom is -0.496 e. The highest BCUT2D eigenvalue weighted by Gasteiger charge is 2.26. The summed E-state index contributed by atoms with van der Waals surface area (Å²) in [5, 5.41) is 23.2. The van der Waals surface area contributed by atoms with E-state index in [1.54, 1.807) is 36.6 Å². The molecule has 0 spiro atoms. The van der Waals surface area contributed by atoms with Crippen molar-refractivity contribution in [2.24, 2.45) is 5.92 Å². The van der Waals surface area contributed by atoms with Gasteiger partial charge in [0.1, 0.15) is 16.8 Å². The van der Waals surface area contributed by atoms with Crippen LogP contribution in [-0.2, 0) is 24.2 Å². The van der Waals surface area contributed by atoms with E-state index in [-0.39, 0.29) is 11.7 Å². The van der Waals surface area contributed by atoms with Crippen LogP contribution in [0.3, 0.4) is 0 Å². The molecule has 1 unspecified atom stereocenters. The van der Waals surface area contributed by atoms with Crippen molar-refractivity contribution in [1.29, 1.82) is 5.26 Å². The molecule has 1 aliphatic carbocycles. The second kappa shape index (κ2) is 10.8. The van der Waals surface area contributed by atoms with Crippen molar-refractivity contribution in [3.05, 3.63) is 39.2 Å². The van der Waals surface area contributed by atoms with E-state index in [2.05, 4.69) is 28.5 Å². The molecule has 2 aromatic heterocycles. The number of anilines is 1. The topological polar surface area (TPSA) is 92.8 Å². The number of methoxy groups -OCH3 is 1. The lowest BCUT2D eigenvalue weighted by Gasteiger charge is -2.20. The summed E-state index contributed by atoms with van der Waals surface area (Å²) in [6.45, 7) is 4.82. The zero-order valence-electron chi connectivity index (χ0n) is 19.4. The molecule has 4 rings (SSSR count). The Kier molecular flexibility index (Phi) is 7.81. The molecule has 2 heterocycles. The molecule has 178 valence electrons. The van der Waals surface area contributed by atoms with Gasteiger partial charge in [-0.1, -0.05) is 36.7 Å². The van der Waals surface area contributed by atoms with E-state index in [1.807, 2.05) is 11.5 Å². The van der Waals surface area contributed by atoms with Crippen LogP contribution < -0.4 is 10.1 Å². The molecule has 3 aromatic rings. The molecule has 10 heteroatoms. The van der Waals surface area contributed by atoms with E-state index >= 15 is 0 Å². The summed E-state index contributed by atoms with van der Waals surface area (Å²) in [6, 6.07) is 7.66. The quantitative estimate of drug-likeness (QED) is 0.381. The number of carbonyl (C=O) groups excluding carboxylic acids is 1. The number of nitrogens with one attached hydrogen (secondary N) is 1. The van der Waals surface area contributed by atoms with Crippen LogP contribution in [0.2, 0.25) is 5.02 Å². The minimum absolute atomic E-state index is 0.163. The number of carbonyl (C=O) groups is 1. The molecule has 1 N–H and O–H groups in total.